The van der Waals surface area contributed by atoms with Crippen molar-refractivity contribution in [1.29, 1.82) is 0 Å². The minimum Gasteiger partial charge on any atom is -0.385 e. The summed E-state index contributed by atoms with van der Waals surface area (Å²) >= 11 is 0. The van der Waals surface area contributed by atoms with E-state index in [0.29, 0.717) is 6.04 Å². The molecular weight excluding hydrogens is 162 g/mol. The molecule has 2 nitrogen and oxygen atoms in total. The van der Waals surface area contributed by atoms with Gasteiger partial charge in [-0.15, -0.1) is 0 Å². The highest BCUT2D eigenvalue weighted by molar-refractivity contribution is 4.58. The van der Waals surface area contributed by atoms with Crippen molar-refractivity contribution in [3.05, 3.63) is 0 Å². The molecule has 0 aliphatic heterocycles. The number of rotatable bonds is 9. The van der Waals surface area contributed by atoms with Crippen LogP contribution in [-0.4, -0.2) is 26.3 Å². The van der Waals surface area contributed by atoms with E-state index in [1.807, 2.05) is 0 Å². The zero-order chi connectivity index (χ0) is 9.94. The summed E-state index contributed by atoms with van der Waals surface area (Å²) in [5.74, 6) is 0. The first-order valence-electron chi connectivity index (χ1n) is 5.53. The van der Waals surface area contributed by atoms with E-state index in [-0.39, 0.29) is 0 Å². The molecule has 2 heteroatoms. The fourth-order valence-electron chi connectivity index (χ4n) is 1.50. The van der Waals surface area contributed by atoms with Gasteiger partial charge in [0.15, 0.2) is 0 Å². The van der Waals surface area contributed by atoms with Crippen LogP contribution in [0.4, 0.5) is 0 Å². The van der Waals surface area contributed by atoms with E-state index >= 15 is 0 Å². The van der Waals surface area contributed by atoms with Gasteiger partial charge in [0.05, 0.1) is 0 Å². The van der Waals surface area contributed by atoms with Crippen LogP contribution >= 0.6 is 0 Å². The van der Waals surface area contributed by atoms with Crippen LogP contribution in [0.1, 0.15) is 46.0 Å². The Kier molecular flexibility index (Phi) is 9.94. The molecule has 0 saturated carbocycles. The number of hydrogen-bond donors (Lipinski definition) is 1. The van der Waals surface area contributed by atoms with E-state index in [0.717, 1.165) is 13.2 Å². The summed E-state index contributed by atoms with van der Waals surface area (Å²) in [4.78, 5) is 0. The molecule has 0 bridgehead atoms. The highest BCUT2D eigenvalue weighted by Crippen LogP contribution is 2.05. The van der Waals surface area contributed by atoms with E-state index < -0.39 is 0 Å². The second kappa shape index (κ2) is 10.0. The summed E-state index contributed by atoms with van der Waals surface area (Å²) in [5, 5.41) is 3.42. The van der Waals surface area contributed by atoms with Crippen molar-refractivity contribution in [3.63, 3.8) is 0 Å². The maximum Gasteiger partial charge on any atom is 0.0462 e. The summed E-state index contributed by atoms with van der Waals surface area (Å²) in [6.07, 6.45) is 6.52. The molecule has 0 saturated heterocycles. The van der Waals surface area contributed by atoms with E-state index in [9.17, 15) is 0 Å². The zero-order valence-corrected chi connectivity index (χ0v) is 9.44. The van der Waals surface area contributed by atoms with Gasteiger partial charge in [-0.2, -0.15) is 0 Å². The van der Waals surface area contributed by atoms with Crippen molar-refractivity contribution in [3.8, 4) is 0 Å². The van der Waals surface area contributed by atoms with Crippen molar-refractivity contribution < 1.29 is 4.74 Å². The standard InChI is InChI=1S/C11H25NO/c1-4-12-11(2)9-7-5-6-8-10-13-3/h11-12H,4-10H2,1-3H3. The Morgan fingerprint density at radius 3 is 2.46 bits per heavy atom. The molecule has 0 aliphatic rings. The molecule has 80 valence electrons. The molecule has 1 N–H and O–H groups in total. The summed E-state index contributed by atoms with van der Waals surface area (Å²) < 4.78 is 5.00. The molecule has 0 aliphatic carbocycles. The largest absolute Gasteiger partial charge is 0.385 e. The van der Waals surface area contributed by atoms with Crippen molar-refractivity contribution in [2.75, 3.05) is 20.3 Å². The molecule has 13 heavy (non-hydrogen) atoms. The molecule has 0 rings (SSSR count). The van der Waals surface area contributed by atoms with Gasteiger partial charge in [0.2, 0.25) is 0 Å². The lowest BCUT2D eigenvalue weighted by Crippen LogP contribution is -2.25. The molecular formula is C11H25NO. The Morgan fingerprint density at radius 2 is 1.85 bits per heavy atom. The van der Waals surface area contributed by atoms with Gasteiger partial charge in [0.25, 0.3) is 0 Å². The molecule has 1 atom stereocenters. The molecule has 0 spiro atoms. The lowest BCUT2D eigenvalue weighted by Gasteiger charge is -2.11. The van der Waals surface area contributed by atoms with Crippen molar-refractivity contribution in [2.45, 2.75) is 52.0 Å². The van der Waals surface area contributed by atoms with Crippen molar-refractivity contribution in [2.24, 2.45) is 0 Å². The van der Waals surface area contributed by atoms with Gasteiger partial charge in [-0.3, -0.25) is 0 Å². The Hall–Kier alpha value is -0.0800. The first-order valence-corrected chi connectivity index (χ1v) is 5.53. The van der Waals surface area contributed by atoms with Gasteiger partial charge in [-0.05, 0) is 26.3 Å². The molecule has 0 amide bonds. The second-order valence-electron chi connectivity index (χ2n) is 3.65. The average molecular weight is 187 g/mol. The van der Waals surface area contributed by atoms with Crippen LogP contribution in [0.25, 0.3) is 0 Å². The van der Waals surface area contributed by atoms with Gasteiger partial charge in [0.1, 0.15) is 0 Å². The number of unbranched alkanes of at least 4 members (excludes halogenated alkanes) is 3. The predicted octanol–water partition coefficient (Wildman–Crippen LogP) is 2.58. The van der Waals surface area contributed by atoms with Crippen LogP contribution in [0.3, 0.4) is 0 Å². The van der Waals surface area contributed by atoms with Crippen molar-refractivity contribution >= 4 is 0 Å². The van der Waals surface area contributed by atoms with Crippen LogP contribution in [0.2, 0.25) is 0 Å². The minimum absolute atomic E-state index is 0.687. The molecule has 0 aromatic heterocycles. The van der Waals surface area contributed by atoms with Gasteiger partial charge in [0, 0.05) is 19.8 Å². The minimum atomic E-state index is 0.687. The summed E-state index contributed by atoms with van der Waals surface area (Å²) in [7, 11) is 1.77. The molecule has 0 aromatic carbocycles. The fraction of sp³-hybridized carbons (Fsp3) is 1.00. The molecule has 0 radical (unpaired) electrons. The lowest BCUT2D eigenvalue weighted by atomic mass is 10.1. The maximum atomic E-state index is 5.00. The third-order valence-electron chi connectivity index (χ3n) is 2.29. The third-order valence-corrected chi connectivity index (χ3v) is 2.29. The quantitative estimate of drug-likeness (QED) is 0.560. The first kappa shape index (κ1) is 12.9. The number of ether oxygens (including phenoxy) is 1. The van der Waals surface area contributed by atoms with Gasteiger partial charge >= 0.3 is 0 Å². The van der Waals surface area contributed by atoms with E-state index in [1.54, 1.807) is 7.11 Å². The van der Waals surface area contributed by atoms with Crippen LogP contribution in [-0.2, 0) is 4.74 Å². The maximum absolute atomic E-state index is 5.00. The van der Waals surface area contributed by atoms with Crippen LogP contribution in [0.5, 0.6) is 0 Å². The third kappa shape index (κ3) is 9.84. The topological polar surface area (TPSA) is 21.3 Å². The molecule has 0 aromatic rings. The molecule has 0 fully saturated rings. The predicted molar refractivity (Wildman–Crippen MR) is 58.1 cm³/mol. The average Bonchev–Trinajstić information content (AvgIpc) is 2.11. The summed E-state index contributed by atoms with van der Waals surface area (Å²) in [5.41, 5.74) is 0. The van der Waals surface area contributed by atoms with Crippen LogP contribution in [0.15, 0.2) is 0 Å². The van der Waals surface area contributed by atoms with Crippen molar-refractivity contribution in [1.82, 2.24) is 5.32 Å². The number of methoxy groups -OCH3 is 1. The van der Waals surface area contributed by atoms with Crippen LogP contribution < -0.4 is 5.32 Å². The van der Waals surface area contributed by atoms with Gasteiger partial charge in [-0.25, -0.2) is 0 Å². The van der Waals surface area contributed by atoms with E-state index in [4.69, 9.17) is 4.74 Å². The SMILES string of the molecule is CCNC(C)CCCCCCOC. The highest BCUT2D eigenvalue weighted by Gasteiger charge is 1.98. The Morgan fingerprint density at radius 1 is 1.15 bits per heavy atom. The Bertz CT molecular complexity index is 96.1. The Labute approximate surface area is 83.1 Å². The highest BCUT2D eigenvalue weighted by atomic mass is 16.5. The fourth-order valence-corrected chi connectivity index (χ4v) is 1.50. The number of nitrogens with one attached hydrogen (secondary N) is 1. The summed E-state index contributed by atoms with van der Waals surface area (Å²) in [6.45, 7) is 6.43. The van der Waals surface area contributed by atoms with E-state index in [2.05, 4.69) is 19.2 Å². The molecule has 0 heterocycles. The van der Waals surface area contributed by atoms with Gasteiger partial charge in [-0.1, -0.05) is 26.2 Å². The Balaban J connectivity index is 2.97. The van der Waals surface area contributed by atoms with Gasteiger partial charge < -0.3 is 10.1 Å². The lowest BCUT2D eigenvalue weighted by molar-refractivity contribution is 0.192. The van der Waals surface area contributed by atoms with E-state index in [1.165, 1.54) is 32.1 Å². The zero-order valence-electron chi connectivity index (χ0n) is 9.44. The smallest absolute Gasteiger partial charge is 0.0462 e. The second-order valence-corrected chi connectivity index (χ2v) is 3.65. The molecule has 1 unspecified atom stereocenters. The first-order chi connectivity index (χ1) is 6.31. The summed E-state index contributed by atoms with van der Waals surface area (Å²) in [6, 6.07) is 0.687. The normalized spacial score (nSPS) is 13.2. The number of hydrogen-bond acceptors (Lipinski definition) is 2. The monoisotopic (exact) mass is 187 g/mol. The van der Waals surface area contributed by atoms with Crippen LogP contribution in [0, 0.1) is 0 Å².